The molecule has 7 aromatic rings. The molecule has 2 aliphatic heterocycles. The van der Waals surface area contributed by atoms with Gasteiger partial charge in [-0.25, -0.2) is 0 Å². The van der Waals surface area contributed by atoms with Crippen molar-refractivity contribution < 1.29 is 4.42 Å². The van der Waals surface area contributed by atoms with E-state index in [1.165, 1.54) is 143 Å². The summed E-state index contributed by atoms with van der Waals surface area (Å²) in [5.41, 5.74) is 26.9. The third kappa shape index (κ3) is 6.45. The number of benzene rings is 6. The molecule has 0 bridgehead atoms. The Morgan fingerprint density at radius 2 is 0.957 bits per heavy atom. The van der Waals surface area contributed by atoms with Gasteiger partial charge in [-0.05, 0) is 217 Å². The second kappa shape index (κ2) is 14.3. The minimum absolute atomic E-state index is 0.00784. The van der Waals surface area contributed by atoms with Gasteiger partial charge >= 0.3 is 0 Å². The summed E-state index contributed by atoms with van der Waals surface area (Å²) in [4.78, 5) is 5.38. The normalized spacial score (nSPS) is 20.6. The average Bonchev–Trinajstić information content (AvgIpc) is 3.66. The van der Waals surface area contributed by atoms with Crippen molar-refractivity contribution in [3.8, 4) is 0 Å². The minimum atomic E-state index is -0.0677. The van der Waals surface area contributed by atoms with Gasteiger partial charge in [0, 0.05) is 44.9 Å². The van der Waals surface area contributed by atoms with Gasteiger partial charge in [-0.3, -0.25) is 0 Å². The van der Waals surface area contributed by atoms with E-state index in [1.807, 2.05) is 0 Å². The van der Waals surface area contributed by atoms with Gasteiger partial charge in [0.1, 0.15) is 11.2 Å². The number of anilines is 6. The molecule has 0 radical (unpaired) electrons. The van der Waals surface area contributed by atoms with Gasteiger partial charge in [-0.2, -0.15) is 0 Å². The number of rotatable bonds is 2. The molecular formula is C66H77BN2O. The molecule has 0 saturated heterocycles. The number of furan rings is 1. The predicted octanol–water partition coefficient (Wildman–Crippen LogP) is 16.6. The van der Waals surface area contributed by atoms with Crippen LogP contribution in [0.2, 0.25) is 0 Å². The highest BCUT2D eigenvalue weighted by molar-refractivity contribution is 7.01. The van der Waals surface area contributed by atoms with Crippen LogP contribution in [0.25, 0.3) is 21.9 Å². The zero-order chi connectivity index (χ0) is 49.8. The molecule has 0 atom stereocenters. The summed E-state index contributed by atoms with van der Waals surface area (Å²) >= 11 is 0. The van der Waals surface area contributed by atoms with Crippen LogP contribution in [0, 0.1) is 13.8 Å². The molecule has 12 rings (SSSR count). The fourth-order valence-corrected chi connectivity index (χ4v) is 14.2. The molecule has 70 heavy (non-hydrogen) atoms. The van der Waals surface area contributed by atoms with Crippen LogP contribution < -0.4 is 26.2 Å². The summed E-state index contributed by atoms with van der Waals surface area (Å²) in [6.07, 6.45) is 7.06. The Morgan fingerprint density at radius 1 is 0.443 bits per heavy atom. The van der Waals surface area contributed by atoms with E-state index in [4.69, 9.17) is 4.42 Å². The minimum Gasteiger partial charge on any atom is -0.457 e. The first-order valence-electron chi connectivity index (χ1n) is 26.8. The van der Waals surface area contributed by atoms with Crippen molar-refractivity contribution >= 4 is 79.2 Å². The van der Waals surface area contributed by atoms with Crippen LogP contribution in [0.5, 0.6) is 0 Å². The number of aryl methyl sites for hydroxylation is 2. The fourth-order valence-electron chi connectivity index (χ4n) is 14.2. The van der Waals surface area contributed by atoms with Gasteiger partial charge in [-0.1, -0.05) is 128 Å². The first-order chi connectivity index (χ1) is 32.6. The third-order valence-corrected chi connectivity index (χ3v) is 19.2. The van der Waals surface area contributed by atoms with Crippen LogP contribution in [-0.2, 0) is 37.9 Å². The lowest BCUT2D eigenvalue weighted by Crippen LogP contribution is -2.62. The standard InChI is InChI=1S/C66H77BN2O/c1-38-30-54-57-55(31-38)69(52-36-48-45(32-39(52)2)62(8,9)26-28-65(48,14)15)51-22-20-42-43-33-40(60(3,4)5)18-23-56(43)70-59(42)58(51)67(57)50-35-47-49(66(16,17)29-27-64(47,12)13)37-53(50)68(54)41-19-21-44-46(34-41)63(10,11)25-24-61(44,6)7/h18-23,30-37H,24-29H2,1-17H3. The van der Waals surface area contributed by atoms with Crippen molar-refractivity contribution in [2.45, 2.75) is 194 Å². The smallest absolute Gasteiger partial charge is 0.257 e. The van der Waals surface area contributed by atoms with Crippen LogP contribution in [0.3, 0.4) is 0 Å². The Kier molecular flexibility index (Phi) is 9.35. The summed E-state index contributed by atoms with van der Waals surface area (Å²) in [6, 6.07) is 34.8. The molecule has 4 heteroatoms. The summed E-state index contributed by atoms with van der Waals surface area (Å²) in [7, 11) is 0. The number of hydrogen-bond donors (Lipinski definition) is 0. The Bertz CT molecular complexity index is 3420. The monoisotopic (exact) mass is 925 g/mol. The van der Waals surface area contributed by atoms with E-state index in [0.717, 1.165) is 17.6 Å². The molecule has 3 aliphatic carbocycles. The van der Waals surface area contributed by atoms with E-state index in [0.29, 0.717) is 0 Å². The highest BCUT2D eigenvalue weighted by Crippen LogP contribution is 2.55. The molecule has 0 fully saturated rings. The van der Waals surface area contributed by atoms with Crippen LogP contribution in [-0.4, -0.2) is 6.71 Å². The summed E-state index contributed by atoms with van der Waals surface area (Å²) in [5, 5.41) is 2.40. The van der Waals surface area contributed by atoms with Crippen LogP contribution in [0.4, 0.5) is 34.1 Å². The lowest BCUT2D eigenvalue weighted by molar-refractivity contribution is 0.332. The van der Waals surface area contributed by atoms with E-state index < -0.39 is 0 Å². The second-order valence-electron chi connectivity index (χ2n) is 27.9. The van der Waals surface area contributed by atoms with Gasteiger partial charge in [0.05, 0.1) is 0 Å². The number of nitrogens with zero attached hydrogens (tertiary/aromatic N) is 2. The quantitative estimate of drug-likeness (QED) is 0.161. The second-order valence-corrected chi connectivity index (χ2v) is 27.9. The molecule has 3 nitrogen and oxygen atoms in total. The molecule has 0 amide bonds. The molecule has 0 unspecified atom stereocenters. The molecule has 0 saturated carbocycles. The van der Waals surface area contributed by atoms with Gasteiger partial charge in [-0.15, -0.1) is 0 Å². The Morgan fingerprint density at radius 3 is 1.54 bits per heavy atom. The Balaban J connectivity index is 1.23. The van der Waals surface area contributed by atoms with Crippen molar-refractivity contribution in [2.75, 3.05) is 9.80 Å². The number of hydrogen-bond acceptors (Lipinski definition) is 3. The van der Waals surface area contributed by atoms with E-state index in [-0.39, 0.29) is 44.6 Å². The predicted molar refractivity (Wildman–Crippen MR) is 302 cm³/mol. The molecule has 360 valence electrons. The highest BCUT2D eigenvalue weighted by atomic mass is 16.3. The van der Waals surface area contributed by atoms with Crippen LogP contribution in [0.1, 0.15) is 192 Å². The molecular weight excluding hydrogens is 848 g/mol. The van der Waals surface area contributed by atoms with E-state index >= 15 is 0 Å². The number of fused-ring (bicyclic) bond motifs is 11. The zero-order valence-electron chi connectivity index (χ0n) is 45.7. The Labute approximate surface area is 420 Å². The van der Waals surface area contributed by atoms with Crippen molar-refractivity contribution in [1.29, 1.82) is 0 Å². The highest BCUT2D eigenvalue weighted by Gasteiger charge is 2.49. The fraction of sp³-hybridized carbons (Fsp3) is 0.455. The lowest BCUT2D eigenvalue weighted by Gasteiger charge is -2.48. The molecule has 0 spiro atoms. The van der Waals surface area contributed by atoms with E-state index in [1.54, 1.807) is 0 Å². The van der Waals surface area contributed by atoms with Crippen LogP contribution >= 0.6 is 0 Å². The first-order valence-corrected chi connectivity index (χ1v) is 26.8. The molecule has 6 aromatic carbocycles. The molecule has 5 aliphatic rings. The molecule has 3 heterocycles. The largest absolute Gasteiger partial charge is 0.457 e. The van der Waals surface area contributed by atoms with Crippen molar-refractivity contribution in [2.24, 2.45) is 0 Å². The van der Waals surface area contributed by atoms with Crippen LogP contribution in [0.15, 0.2) is 89.3 Å². The first kappa shape index (κ1) is 45.9. The average molecular weight is 925 g/mol. The van der Waals surface area contributed by atoms with E-state index in [9.17, 15) is 0 Å². The molecule has 1 aromatic heterocycles. The Hall–Kier alpha value is -5.22. The summed E-state index contributed by atoms with van der Waals surface area (Å²) < 4.78 is 7.40. The summed E-state index contributed by atoms with van der Waals surface area (Å²) in [6.45, 7) is 41.2. The maximum atomic E-state index is 7.40. The van der Waals surface area contributed by atoms with Crippen molar-refractivity contribution in [3.05, 3.63) is 135 Å². The third-order valence-electron chi connectivity index (χ3n) is 19.2. The maximum absolute atomic E-state index is 7.40. The van der Waals surface area contributed by atoms with Gasteiger partial charge in [0.15, 0.2) is 0 Å². The molecule has 0 N–H and O–H groups in total. The topological polar surface area (TPSA) is 19.6 Å². The zero-order valence-corrected chi connectivity index (χ0v) is 45.7. The van der Waals surface area contributed by atoms with Gasteiger partial charge < -0.3 is 14.2 Å². The van der Waals surface area contributed by atoms with Gasteiger partial charge in [0.2, 0.25) is 0 Å². The maximum Gasteiger partial charge on any atom is 0.257 e. The van der Waals surface area contributed by atoms with Crippen molar-refractivity contribution in [1.82, 2.24) is 0 Å². The lowest BCUT2D eigenvalue weighted by atomic mass is 9.33. The SMILES string of the molecule is Cc1cc2c3c(c1)N(c1cc4c(cc1C)C(C)(C)CCC4(C)C)c1ccc4c(oc5ccc(C(C)(C)C)cc54)c1B3c1cc3c(cc1N2c1ccc2c(c1)C(C)(C)CCC2(C)C)C(C)(C)CCC3(C)C. The van der Waals surface area contributed by atoms with E-state index in [2.05, 4.69) is 212 Å². The van der Waals surface area contributed by atoms with Gasteiger partial charge in [0.25, 0.3) is 6.71 Å². The van der Waals surface area contributed by atoms with Crippen molar-refractivity contribution in [3.63, 3.8) is 0 Å². The summed E-state index contributed by atoms with van der Waals surface area (Å²) in [5.74, 6) is 0.